The summed E-state index contributed by atoms with van der Waals surface area (Å²) in [6, 6.07) is 2.12. The van der Waals surface area contributed by atoms with Crippen molar-refractivity contribution in [3.63, 3.8) is 0 Å². The lowest BCUT2D eigenvalue weighted by Crippen LogP contribution is -2.36. The van der Waals surface area contributed by atoms with Crippen LogP contribution in [-0.4, -0.2) is 40.2 Å². The third-order valence-corrected chi connectivity index (χ3v) is 3.47. The zero-order valence-electron chi connectivity index (χ0n) is 12.7. The van der Waals surface area contributed by atoms with Crippen LogP contribution in [0.3, 0.4) is 0 Å². The van der Waals surface area contributed by atoms with Crippen LogP contribution in [0.15, 0.2) is 6.07 Å². The molecule has 0 saturated carbocycles. The number of likely N-dealkylation sites (N-methyl/N-ethyl adjacent to an activating group) is 1. The van der Waals surface area contributed by atoms with E-state index in [1.54, 1.807) is 9.58 Å². The van der Waals surface area contributed by atoms with Gasteiger partial charge in [0.2, 0.25) is 5.91 Å². The molecule has 5 nitrogen and oxygen atoms in total. The molecule has 0 spiro atoms. The third kappa shape index (κ3) is 4.67. The molecule has 0 aliphatic heterocycles. The van der Waals surface area contributed by atoms with Crippen LogP contribution in [0, 0.1) is 19.8 Å². The van der Waals surface area contributed by atoms with Gasteiger partial charge in [-0.25, -0.2) is 0 Å². The Morgan fingerprint density at radius 2 is 2.11 bits per heavy atom. The molecule has 1 aromatic heterocycles. The minimum absolute atomic E-state index is 0.0714. The van der Waals surface area contributed by atoms with Gasteiger partial charge in [-0.2, -0.15) is 5.10 Å². The van der Waals surface area contributed by atoms with E-state index in [9.17, 15) is 4.79 Å². The lowest BCUT2D eigenvalue weighted by Gasteiger charge is -2.21. The van der Waals surface area contributed by atoms with Crippen molar-refractivity contribution in [2.24, 2.45) is 11.7 Å². The van der Waals surface area contributed by atoms with Gasteiger partial charge in [-0.3, -0.25) is 9.48 Å². The van der Waals surface area contributed by atoms with Gasteiger partial charge < -0.3 is 10.6 Å². The summed E-state index contributed by atoms with van der Waals surface area (Å²) in [5, 5.41) is 4.30. The van der Waals surface area contributed by atoms with Gasteiger partial charge in [-0.15, -0.1) is 0 Å². The maximum absolute atomic E-state index is 12.1. The Morgan fingerprint density at radius 1 is 1.47 bits per heavy atom. The lowest BCUT2D eigenvalue weighted by molar-refractivity contribution is -0.130. The number of aromatic nitrogens is 2. The van der Waals surface area contributed by atoms with Gasteiger partial charge in [-0.05, 0) is 32.3 Å². The number of nitrogens with two attached hydrogens (primary N) is 1. The van der Waals surface area contributed by atoms with Crippen molar-refractivity contribution in [2.45, 2.75) is 46.7 Å². The smallest absolute Gasteiger partial charge is 0.244 e. The van der Waals surface area contributed by atoms with Gasteiger partial charge in [0, 0.05) is 25.3 Å². The average molecular weight is 266 g/mol. The summed E-state index contributed by atoms with van der Waals surface area (Å²) >= 11 is 0. The van der Waals surface area contributed by atoms with Crippen LogP contribution in [0.5, 0.6) is 0 Å². The molecular formula is C14H26N4O. The van der Waals surface area contributed by atoms with Gasteiger partial charge >= 0.3 is 0 Å². The summed E-state index contributed by atoms with van der Waals surface area (Å²) in [6.07, 6.45) is 0.830. The molecule has 1 atom stereocenters. The average Bonchev–Trinajstić information content (AvgIpc) is 2.63. The van der Waals surface area contributed by atoms with Crippen LogP contribution in [-0.2, 0) is 11.3 Å². The first kappa shape index (κ1) is 15.7. The molecule has 1 unspecified atom stereocenters. The highest BCUT2D eigenvalue weighted by Crippen LogP contribution is 2.05. The number of aryl methyl sites for hydroxylation is 2. The quantitative estimate of drug-likeness (QED) is 0.845. The number of carbonyl (C=O) groups is 1. The van der Waals surface area contributed by atoms with E-state index in [2.05, 4.69) is 18.9 Å². The van der Waals surface area contributed by atoms with E-state index in [4.69, 9.17) is 5.73 Å². The summed E-state index contributed by atoms with van der Waals surface area (Å²) in [6.45, 7) is 9.08. The molecule has 0 bridgehead atoms. The zero-order valence-corrected chi connectivity index (χ0v) is 12.7. The van der Waals surface area contributed by atoms with Crippen molar-refractivity contribution in [1.82, 2.24) is 14.7 Å². The number of carbonyl (C=O) groups excluding carboxylic acids is 1. The van der Waals surface area contributed by atoms with Crippen molar-refractivity contribution in [2.75, 3.05) is 13.6 Å². The second-order valence-electron chi connectivity index (χ2n) is 5.60. The number of hydrogen-bond acceptors (Lipinski definition) is 3. The second-order valence-corrected chi connectivity index (χ2v) is 5.60. The van der Waals surface area contributed by atoms with E-state index in [0.29, 0.717) is 19.0 Å². The highest BCUT2D eigenvalue weighted by Gasteiger charge is 2.14. The van der Waals surface area contributed by atoms with Crippen molar-refractivity contribution in [3.8, 4) is 0 Å². The predicted octanol–water partition coefficient (Wildman–Crippen LogP) is 1.33. The Hall–Kier alpha value is -1.36. The fourth-order valence-corrected chi connectivity index (χ4v) is 1.88. The Kier molecular flexibility index (Phi) is 5.54. The van der Waals surface area contributed by atoms with E-state index in [-0.39, 0.29) is 11.9 Å². The Bertz CT molecular complexity index is 425. The van der Waals surface area contributed by atoms with E-state index in [0.717, 1.165) is 17.8 Å². The Morgan fingerprint density at radius 3 is 2.58 bits per heavy atom. The Balaban J connectivity index is 2.47. The number of rotatable bonds is 6. The molecule has 0 fully saturated rings. The third-order valence-electron chi connectivity index (χ3n) is 3.47. The molecule has 1 heterocycles. The van der Waals surface area contributed by atoms with Crippen LogP contribution in [0.4, 0.5) is 0 Å². The first-order chi connectivity index (χ1) is 8.81. The van der Waals surface area contributed by atoms with Crippen LogP contribution in [0.1, 0.15) is 31.7 Å². The molecule has 0 aliphatic carbocycles. The standard InChI is InChI=1S/C14H26N4O/c1-10(2)13(15)6-7-17(5)14(19)9-18-12(4)8-11(3)16-18/h8,10,13H,6-7,9,15H2,1-5H3. The molecule has 1 aromatic rings. The minimum atomic E-state index is 0.0714. The van der Waals surface area contributed by atoms with Crippen molar-refractivity contribution >= 4 is 5.91 Å². The summed E-state index contributed by atoms with van der Waals surface area (Å²) in [5.74, 6) is 0.515. The molecular weight excluding hydrogens is 240 g/mol. The lowest BCUT2D eigenvalue weighted by atomic mass is 10.0. The number of hydrogen-bond donors (Lipinski definition) is 1. The molecule has 108 valence electrons. The highest BCUT2D eigenvalue weighted by atomic mass is 16.2. The van der Waals surface area contributed by atoms with Gasteiger partial charge in [0.15, 0.2) is 0 Å². The molecule has 0 saturated heterocycles. The fourth-order valence-electron chi connectivity index (χ4n) is 1.88. The van der Waals surface area contributed by atoms with Gasteiger partial charge in [0.05, 0.1) is 5.69 Å². The SMILES string of the molecule is Cc1cc(C)n(CC(=O)N(C)CCC(N)C(C)C)n1. The van der Waals surface area contributed by atoms with Crippen molar-refractivity contribution < 1.29 is 4.79 Å². The van der Waals surface area contributed by atoms with Crippen LogP contribution in [0.2, 0.25) is 0 Å². The molecule has 19 heavy (non-hydrogen) atoms. The number of nitrogens with zero attached hydrogens (tertiary/aromatic N) is 3. The fraction of sp³-hybridized carbons (Fsp3) is 0.714. The van der Waals surface area contributed by atoms with E-state index in [1.807, 2.05) is 27.0 Å². The second kappa shape index (κ2) is 6.70. The largest absolute Gasteiger partial charge is 0.344 e. The molecule has 0 aliphatic rings. The molecule has 0 radical (unpaired) electrons. The van der Waals surface area contributed by atoms with Crippen LogP contribution >= 0.6 is 0 Å². The monoisotopic (exact) mass is 266 g/mol. The topological polar surface area (TPSA) is 64.2 Å². The van der Waals surface area contributed by atoms with Crippen LogP contribution < -0.4 is 5.73 Å². The Labute approximate surface area is 115 Å². The molecule has 5 heteroatoms. The van der Waals surface area contributed by atoms with Gasteiger partial charge in [-0.1, -0.05) is 13.8 Å². The van der Waals surface area contributed by atoms with Crippen molar-refractivity contribution in [3.05, 3.63) is 17.5 Å². The predicted molar refractivity (Wildman–Crippen MR) is 76.8 cm³/mol. The first-order valence-electron chi connectivity index (χ1n) is 6.82. The molecule has 1 amide bonds. The van der Waals surface area contributed by atoms with E-state index in [1.165, 1.54) is 0 Å². The summed E-state index contributed by atoms with van der Waals surface area (Å²) in [7, 11) is 1.82. The molecule has 1 rings (SSSR count). The normalized spacial score (nSPS) is 12.8. The van der Waals surface area contributed by atoms with E-state index < -0.39 is 0 Å². The molecule has 2 N–H and O–H groups in total. The summed E-state index contributed by atoms with van der Waals surface area (Å²) in [4.78, 5) is 13.8. The first-order valence-corrected chi connectivity index (χ1v) is 6.82. The van der Waals surface area contributed by atoms with Crippen molar-refractivity contribution in [1.29, 1.82) is 0 Å². The van der Waals surface area contributed by atoms with E-state index >= 15 is 0 Å². The number of amides is 1. The summed E-state index contributed by atoms with van der Waals surface area (Å²) in [5.41, 5.74) is 7.94. The summed E-state index contributed by atoms with van der Waals surface area (Å²) < 4.78 is 1.75. The highest BCUT2D eigenvalue weighted by molar-refractivity contribution is 5.75. The van der Waals surface area contributed by atoms with Crippen LogP contribution in [0.25, 0.3) is 0 Å². The maximum atomic E-state index is 12.1. The zero-order chi connectivity index (χ0) is 14.6. The minimum Gasteiger partial charge on any atom is -0.344 e. The maximum Gasteiger partial charge on any atom is 0.244 e. The van der Waals surface area contributed by atoms with Gasteiger partial charge in [0.25, 0.3) is 0 Å². The van der Waals surface area contributed by atoms with Gasteiger partial charge in [0.1, 0.15) is 6.54 Å². The molecule has 0 aromatic carbocycles.